The van der Waals surface area contributed by atoms with Crippen LogP contribution in [0.3, 0.4) is 0 Å². The molecule has 25 heavy (non-hydrogen) atoms. The lowest BCUT2D eigenvalue weighted by Gasteiger charge is -2.04. The lowest BCUT2D eigenvalue weighted by atomic mass is 10.2. The standard InChI is InChI=1S/C18H13ClN4O2/c19-16-5-2-1-4-15(16)17-21-18(25-22-17)24-12-13-6-8-14(9-7-13)23-11-3-10-20-23/h1-11H,12H2. The summed E-state index contributed by atoms with van der Waals surface area (Å²) in [6.45, 7) is 0.323. The fourth-order valence-corrected chi connectivity index (χ4v) is 2.55. The van der Waals surface area contributed by atoms with Crippen LogP contribution in [0.25, 0.3) is 17.1 Å². The van der Waals surface area contributed by atoms with Gasteiger partial charge in [0, 0.05) is 18.0 Å². The fraction of sp³-hybridized carbons (Fsp3) is 0.0556. The zero-order valence-electron chi connectivity index (χ0n) is 13.0. The van der Waals surface area contributed by atoms with Gasteiger partial charge in [-0.25, -0.2) is 4.68 Å². The Bertz CT molecular complexity index is 965. The third-order valence-electron chi connectivity index (χ3n) is 3.59. The Hall–Kier alpha value is -3.12. The fourth-order valence-electron chi connectivity index (χ4n) is 2.33. The molecule has 0 amide bonds. The monoisotopic (exact) mass is 352 g/mol. The maximum absolute atomic E-state index is 6.13. The average Bonchev–Trinajstić information content (AvgIpc) is 3.33. The molecule has 0 spiro atoms. The first-order chi connectivity index (χ1) is 12.3. The maximum atomic E-state index is 6.13. The van der Waals surface area contributed by atoms with Crippen LogP contribution in [0.2, 0.25) is 5.02 Å². The number of aromatic nitrogens is 4. The summed E-state index contributed by atoms with van der Waals surface area (Å²) in [4.78, 5) is 4.22. The van der Waals surface area contributed by atoms with E-state index < -0.39 is 0 Å². The van der Waals surface area contributed by atoms with E-state index in [-0.39, 0.29) is 6.08 Å². The van der Waals surface area contributed by atoms with E-state index in [2.05, 4.69) is 15.2 Å². The van der Waals surface area contributed by atoms with Crippen molar-refractivity contribution in [2.75, 3.05) is 0 Å². The molecule has 6 nitrogen and oxygen atoms in total. The van der Waals surface area contributed by atoms with Gasteiger partial charge in [0.2, 0.25) is 5.82 Å². The van der Waals surface area contributed by atoms with Crippen LogP contribution in [0, 0.1) is 0 Å². The zero-order chi connectivity index (χ0) is 17.1. The molecular weight excluding hydrogens is 340 g/mol. The van der Waals surface area contributed by atoms with Crippen LogP contribution in [0.4, 0.5) is 0 Å². The van der Waals surface area contributed by atoms with E-state index in [1.165, 1.54) is 0 Å². The van der Waals surface area contributed by atoms with Crippen molar-refractivity contribution >= 4 is 11.6 Å². The van der Waals surface area contributed by atoms with Crippen LogP contribution in [-0.2, 0) is 6.61 Å². The van der Waals surface area contributed by atoms with Gasteiger partial charge < -0.3 is 4.74 Å². The second kappa shape index (κ2) is 6.78. The smallest absolute Gasteiger partial charge is 0.417 e. The zero-order valence-corrected chi connectivity index (χ0v) is 13.8. The van der Waals surface area contributed by atoms with Crippen molar-refractivity contribution in [3.63, 3.8) is 0 Å². The van der Waals surface area contributed by atoms with E-state index in [9.17, 15) is 0 Å². The summed E-state index contributed by atoms with van der Waals surface area (Å²) in [6.07, 6.45) is 3.73. The maximum Gasteiger partial charge on any atom is 0.417 e. The third-order valence-corrected chi connectivity index (χ3v) is 3.92. The van der Waals surface area contributed by atoms with Gasteiger partial charge in [-0.05, 0) is 35.9 Å². The summed E-state index contributed by atoms with van der Waals surface area (Å²) in [6, 6.07) is 17.0. The van der Waals surface area contributed by atoms with Gasteiger partial charge >= 0.3 is 6.08 Å². The quantitative estimate of drug-likeness (QED) is 0.539. The van der Waals surface area contributed by atoms with Gasteiger partial charge in [0.05, 0.1) is 10.7 Å². The first-order valence-electron chi connectivity index (χ1n) is 7.60. The molecule has 0 unspecified atom stereocenters. The van der Waals surface area contributed by atoms with Gasteiger partial charge in [0.1, 0.15) is 6.61 Å². The van der Waals surface area contributed by atoms with Gasteiger partial charge in [-0.3, -0.25) is 4.52 Å². The molecule has 0 saturated heterocycles. The molecule has 0 radical (unpaired) electrons. The number of halogens is 1. The average molecular weight is 353 g/mol. The molecule has 2 heterocycles. The van der Waals surface area contributed by atoms with Gasteiger partial charge in [-0.15, -0.1) is 0 Å². The highest BCUT2D eigenvalue weighted by Crippen LogP contribution is 2.26. The minimum Gasteiger partial charge on any atom is -0.444 e. The van der Waals surface area contributed by atoms with Gasteiger partial charge in [-0.2, -0.15) is 10.1 Å². The molecule has 0 bridgehead atoms. The van der Waals surface area contributed by atoms with Crippen molar-refractivity contribution in [2.24, 2.45) is 0 Å². The normalized spacial score (nSPS) is 10.8. The summed E-state index contributed by atoms with van der Waals surface area (Å²) in [5.74, 6) is 0.398. The lowest BCUT2D eigenvalue weighted by Crippen LogP contribution is -1.98. The molecule has 0 N–H and O–H groups in total. The summed E-state index contributed by atoms with van der Waals surface area (Å²) in [5, 5.41) is 8.65. The summed E-state index contributed by atoms with van der Waals surface area (Å²) < 4.78 is 12.5. The molecule has 4 aromatic rings. The number of ether oxygens (including phenoxy) is 1. The molecule has 4 rings (SSSR count). The SMILES string of the molecule is Clc1ccccc1-c1noc(OCc2ccc(-n3cccn3)cc2)n1. The molecule has 124 valence electrons. The highest BCUT2D eigenvalue weighted by molar-refractivity contribution is 6.33. The van der Waals surface area contributed by atoms with E-state index in [1.807, 2.05) is 54.7 Å². The Morgan fingerprint density at radius 2 is 1.88 bits per heavy atom. The van der Waals surface area contributed by atoms with E-state index in [4.69, 9.17) is 20.9 Å². The van der Waals surface area contributed by atoms with Crippen molar-refractivity contribution < 1.29 is 9.26 Å². The predicted octanol–water partition coefficient (Wildman–Crippen LogP) is 4.15. The van der Waals surface area contributed by atoms with Crippen LogP contribution in [-0.4, -0.2) is 19.9 Å². The van der Waals surface area contributed by atoms with E-state index in [0.29, 0.717) is 23.0 Å². The van der Waals surface area contributed by atoms with E-state index in [1.54, 1.807) is 16.9 Å². The first-order valence-corrected chi connectivity index (χ1v) is 7.98. The summed E-state index contributed by atoms with van der Waals surface area (Å²) >= 11 is 6.13. The summed E-state index contributed by atoms with van der Waals surface area (Å²) in [7, 11) is 0. The molecule has 0 aliphatic heterocycles. The minimum absolute atomic E-state index is 0.103. The van der Waals surface area contributed by atoms with E-state index in [0.717, 1.165) is 11.3 Å². The molecule has 0 aliphatic carbocycles. The number of hydrogen-bond acceptors (Lipinski definition) is 5. The molecular formula is C18H13ClN4O2. The van der Waals surface area contributed by atoms with Crippen LogP contribution >= 0.6 is 11.6 Å². The number of rotatable bonds is 5. The van der Waals surface area contributed by atoms with Crippen molar-refractivity contribution in [3.8, 4) is 23.2 Å². The van der Waals surface area contributed by atoms with E-state index >= 15 is 0 Å². The second-order valence-electron chi connectivity index (χ2n) is 5.27. The van der Waals surface area contributed by atoms with Crippen LogP contribution < -0.4 is 4.74 Å². The van der Waals surface area contributed by atoms with Gasteiger partial charge in [0.25, 0.3) is 0 Å². The van der Waals surface area contributed by atoms with Crippen molar-refractivity contribution in [1.82, 2.24) is 19.9 Å². The molecule has 0 saturated carbocycles. The number of nitrogens with zero attached hydrogens (tertiary/aromatic N) is 4. The summed E-state index contributed by atoms with van der Waals surface area (Å²) in [5.41, 5.74) is 2.66. The molecule has 2 aromatic heterocycles. The highest BCUT2D eigenvalue weighted by atomic mass is 35.5. The van der Waals surface area contributed by atoms with Crippen molar-refractivity contribution in [3.05, 3.63) is 77.6 Å². The van der Waals surface area contributed by atoms with Crippen molar-refractivity contribution in [2.45, 2.75) is 6.61 Å². The van der Waals surface area contributed by atoms with Crippen LogP contribution in [0.15, 0.2) is 71.5 Å². The van der Waals surface area contributed by atoms with Gasteiger partial charge in [0.15, 0.2) is 0 Å². The second-order valence-corrected chi connectivity index (χ2v) is 5.68. The third kappa shape index (κ3) is 3.39. The predicted molar refractivity (Wildman–Crippen MR) is 92.6 cm³/mol. The molecule has 2 aromatic carbocycles. The Kier molecular flexibility index (Phi) is 4.18. The molecule has 0 aliphatic rings. The van der Waals surface area contributed by atoms with Crippen molar-refractivity contribution in [1.29, 1.82) is 0 Å². The largest absolute Gasteiger partial charge is 0.444 e. The lowest BCUT2D eigenvalue weighted by molar-refractivity contribution is 0.195. The van der Waals surface area contributed by atoms with Gasteiger partial charge in [-0.1, -0.05) is 41.0 Å². The van der Waals surface area contributed by atoms with Crippen LogP contribution in [0.1, 0.15) is 5.56 Å². The highest BCUT2D eigenvalue weighted by Gasteiger charge is 2.12. The Morgan fingerprint density at radius 3 is 2.64 bits per heavy atom. The topological polar surface area (TPSA) is 66.0 Å². The Morgan fingerprint density at radius 1 is 1.04 bits per heavy atom. The number of hydrogen-bond donors (Lipinski definition) is 0. The number of benzene rings is 2. The molecule has 0 fully saturated rings. The molecule has 0 atom stereocenters. The minimum atomic E-state index is 0.103. The Labute approximate surface area is 148 Å². The first kappa shape index (κ1) is 15.4. The van der Waals surface area contributed by atoms with Crippen LogP contribution in [0.5, 0.6) is 6.08 Å². The Balaban J connectivity index is 1.43. The molecule has 7 heteroatoms.